The van der Waals surface area contributed by atoms with Gasteiger partial charge in [0, 0.05) is 0 Å². The third-order valence-electron chi connectivity index (χ3n) is 3.30. The molecule has 2 aliphatic rings. The first-order valence-electron chi connectivity index (χ1n) is 6.11. The molecule has 0 saturated carbocycles. The standard InChI is InChI=1S/C13H11ClO7/c14-13(21-9-4-19-5-20-9)3-8(17)10-6(15)1-2-7(16)11(10)12(13)18/h1-2,9,15-16H,3-5H2. The Kier molecular flexibility index (Phi) is 3.37. The van der Waals surface area contributed by atoms with Gasteiger partial charge in [-0.2, -0.15) is 0 Å². The second kappa shape index (κ2) is 4.96. The van der Waals surface area contributed by atoms with Crippen molar-refractivity contribution in [1.82, 2.24) is 0 Å². The van der Waals surface area contributed by atoms with Crippen LogP contribution in [0.25, 0.3) is 0 Å². The number of alkyl halides is 1. The molecule has 2 N–H and O–H groups in total. The van der Waals surface area contributed by atoms with Crippen molar-refractivity contribution >= 4 is 23.2 Å². The maximum Gasteiger partial charge on any atom is 0.215 e. The second-order valence-corrected chi connectivity index (χ2v) is 5.32. The lowest BCUT2D eigenvalue weighted by Gasteiger charge is -2.32. The summed E-state index contributed by atoms with van der Waals surface area (Å²) in [6, 6.07) is 2.24. The lowest BCUT2D eigenvalue weighted by atomic mass is 9.85. The number of phenols is 2. The van der Waals surface area contributed by atoms with Gasteiger partial charge in [-0.25, -0.2) is 0 Å². The van der Waals surface area contributed by atoms with Crippen molar-refractivity contribution in [2.75, 3.05) is 13.4 Å². The Morgan fingerprint density at radius 1 is 1.24 bits per heavy atom. The van der Waals surface area contributed by atoms with E-state index in [-0.39, 0.29) is 30.3 Å². The number of benzene rings is 1. The number of carbonyl (C=O) groups is 2. The molecule has 1 aliphatic carbocycles. The van der Waals surface area contributed by atoms with Gasteiger partial charge in [-0.1, -0.05) is 11.6 Å². The topological polar surface area (TPSA) is 102 Å². The molecule has 0 bridgehead atoms. The predicted molar refractivity (Wildman–Crippen MR) is 68.4 cm³/mol. The first-order valence-corrected chi connectivity index (χ1v) is 6.49. The Labute approximate surface area is 124 Å². The van der Waals surface area contributed by atoms with E-state index in [0.717, 1.165) is 12.1 Å². The highest BCUT2D eigenvalue weighted by Crippen LogP contribution is 2.42. The molecule has 1 aromatic carbocycles. The van der Waals surface area contributed by atoms with Crippen LogP contribution in [-0.2, 0) is 14.2 Å². The molecule has 1 fully saturated rings. The summed E-state index contributed by atoms with van der Waals surface area (Å²) in [6.07, 6.45) is -1.35. The molecule has 0 amide bonds. The van der Waals surface area contributed by atoms with Crippen LogP contribution >= 0.6 is 11.6 Å². The zero-order chi connectivity index (χ0) is 15.2. The predicted octanol–water partition coefficient (Wildman–Crippen LogP) is 1.15. The van der Waals surface area contributed by atoms with Crippen molar-refractivity contribution in [2.24, 2.45) is 0 Å². The first kappa shape index (κ1) is 14.3. The van der Waals surface area contributed by atoms with E-state index in [0.29, 0.717) is 0 Å². The van der Waals surface area contributed by atoms with Gasteiger partial charge in [-0.05, 0) is 12.1 Å². The highest BCUT2D eigenvalue weighted by atomic mass is 35.5. The SMILES string of the molecule is O=C1CC(Cl)(OC2COCO2)C(=O)c2c(O)ccc(O)c21. The van der Waals surface area contributed by atoms with Crippen LogP contribution in [0, 0.1) is 0 Å². The van der Waals surface area contributed by atoms with Crippen molar-refractivity contribution in [3.8, 4) is 11.5 Å². The summed E-state index contributed by atoms with van der Waals surface area (Å²) in [7, 11) is 0. The van der Waals surface area contributed by atoms with Crippen LogP contribution in [0.15, 0.2) is 12.1 Å². The second-order valence-electron chi connectivity index (χ2n) is 4.71. The number of Topliss-reactive ketones (excluding diaryl/α,β-unsaturated/α-hetero) is 2. The molecule has 21 heavy (non-hydrogen) atoms. The van der Waals surface area contributed by atoms with Crippen molar-refractivity contribution in [2.45, 2.75) is 17.8 Å². The number of carbonyl (C=O) groups excluding carboxylic acids is 2. The van der Waals surface area contributed by atoms with Gasteiger partial charge in [0.05, 0.1) is 17.5 Å². The Morgan fingerprint density at radius 3 is 2.52 bits per heavy atom. The Morgan fingerprint density at radius 2 is 1.90 bits per heavy atom. The van der Waals surface area contributed by atoms with Crippen LogP contribution in [0.4, 0.5) is 0 Å². The number of phenolic OH excluding ortho intramolecular Hbond substituents is 2. The van der Waals surface area contributed by atoms with Crippen molar-refractivity contribution in [3.63, 3.8) is 0 Å². The smallest absolute Gasteiger partial charge is 0.215 e. The Bertz CT molecular complexity index is 623. The van der Waals surface area contributed by atoms with Crippen LogP contribution in [0.3, 0.4) is 0 Å². The highest BCUT2D eigenvalue weighted by Gasteiger charge is 2.50. The monoisotopic (exact) mass is 314 g/mol. The molecule has 7 nitrogen and oxygen atoms in total. The van der Waals surface area contributed by atoms with Crippen molar-refractivity contribution in [3.05, 3.63) is 23.3 Å². The molecule has 2 unspecified atom stereocenters. The van der Waals surface area contributed by atoms with E-state index in [4.69, 9.17) is 25.8 Å². The number of aromatic hydroxyl groups is 2. The highest BCUT2D eigenvalue weighted by molar-refractivity contribution is 6.41. The zero-order valence-corrected chi connectivity index (χ0v) is 11.4. The molecule has 0 aromatic heterocycles. The molecule has 2 atom stereocenters. The molecule has 1 aromatic rings. The third-order valence-corrected chi connectivity index (χ3v) is 3.70. The normalized spacial score (nSPS) is 28.7. The summed E-state index contributed by atoms with van der Waals surface area (Å²) in [5.74, 6) is -2.24. The minimum absolute atomic E-state index is 0.00238. The van der Waals surface area contributed by atoms with Crippen LogP contribution in [0.1, 0.15) is 27.1 Å². The van der Waals surface area contributed by atoms with E-state index in [9.17, 15) is 19.8 Å². The summed E-state index contributed by atoms with van der Waals surface area (Å²) < 4.78 is 15.3. The Balaban J connectivity index is 2.02. The van der Waals surface area contributed by atoms with E-state index >= 15 is 0 Å². The first-order chi connectivity index (χ1) is 9.92. The van der Waals surface area contributed by atoms with Gasteiger partial charge in [0.15, 0.2) is 12.1 Å². The summed E-state index contributed by atoms with van der Waals surface area (Å²) >= 11 is 6.13. The van der Waals surface area contributed by atoms with Crippen molar-refractivity contribution < 1.29 is 34.0 Å². The molecule has 0 spiro atoms. The summed E-state index contributed by atoms with van der Waals surface area (Å²) in [5.41, 5.74) is -0.594. The zero-order valence-electron chi connectivity index (χ0n) is 10.7. The molecule has 1 saturated heterocycles. The number of fused-ring (bicyclic) bond motifs is 1. The van der Waals surface area contributed by atoms with Gasteiger partial charge in [-0.15, -0.1) is 0 Å². The fourth-order valence-corrected chi connectivity index (χ4v) is 2.66. The quantitative estimate of drug-likeness (QED) is 0.623. The van der Waals surface area contributed by atoms with Crippen LogP contribution in [-0.4, -0.2) is 46.5 Å². The van der Waals surface area contributed by atoms with E-state index in [1.165, 1.54) is 0 Å². The van der Waals surface area contributed by atoms with E-state index in [1.54, 1.807) is 0 Å². The van der Waals surface area contributed by atoms with Gasteiger partial charge >= 0.3 is 0 Å². The largest absolute Gasteiger partial charge is 0.507 e. The van der Waals surface area contributed by atoms with Gasteiger partial charge in [0.25, 0.3) is 0 Å². The van der Waals surface area contributed by atoms with E-state index < -0.39 is 35.1 Å². The maximum atomic E-state index is 12.5. The molecule has 1 heterocycles. The molecule has 8 heteroatoms. The van der Waals surface area contributed by atoms with E-state index in [2.05, 4.69) is 0 Å². The Hall–Kier alpha value is -1.67. The van der Waals surface area contributed by atoms with Crippen molar-refractivity contribution in [1.29, 1.82) is 0 Å². The molecule has 1 aliphatic heterocycles. The lowest BCUT2D eigenvalue weighted by Crippen LogP contribution is -2.45. The van der Waals surface area contributed by atoms with Crippen LogP contribution in [0.2, 0.25) is 0 Å². The lowest BCUT2D eigenvalue weighted by molar-refractivity contribution is -0.140. The van der Waals surface area contributed by atoms with Gasteiger partial charge in [-0.3, -0.25) is 9.59 Å². The number of hydrogen-bond donors (Lipinski definition) is 2. The van der Waals surface area contributed by atoms with Gasteiger partial charge in [0.1, 0.15) is 24.9 Å². The van der Waals surface area contributed by atoms with Gasteiger partial charge in [0.2, 0.25) is 10.8 Å². The number of hydrogen-bond acceptors (Lipinski definition) is 7. The molecular weight excluding hydrogens is 304 g/mol. The summed E-state index contributed by atoms with van der Waals surface area (Å²) in [5, 5.41) is 17.5. The third kappa shape index (κ3) is 2.28. The summed E-state index contributed by atoms with van der Waals surface area (Å²) in [6.45, 7) is 0.0806. The number of ether oxygens (including phenoxy) is 3. The minimum atomic E-state index is -1.99. The fraction of sp³-hybridized carbons (Fsp3) is 0.385. The molecule has 3 rings (SSSR count). The molecule has 0 radical (unpaired) electrons. The average molecular weight is 315 g/mol. The number of rotatable bonds is 2. The molecule has 112 valence electrons. The summed E-state index contributed by atoms with van der Waals surface area (Å²) in [4.78, 5) is 24.6. The molecular formula is C13H11ClO7. The minimum Gasteiger partial charge on any atom is -0.507 e. The maximum absolute atomic E-state index is 12.5. The van der Waals surface area contributed by atoms with Crippen LogP contribution in [0.5, 0.6) is 11.5 Å². The number of ketones is 2. The van der Waals surface area contributed by atoms with Crippen LogP contribution < -0.4 is 0 Å². The fourth-order valence-electron chi connectivity index (χ4n) is 2.34. The number of halogens is 1. The van der Waals surface area contributed by atoms with Gasteiger partial charge < -0.3 is 24.4 Å². The van der Waals surface area contributed by atoms with E-state index in [1.807, 2.05) is 0 Å². The average Bonchev–Trinajstić information content (AvgIpc) is 2.91.